The molecular formula is C21H30BrNO3Si. The van der Waals surface area contributed by atoms with E-state index in [1.165, 1.54) is 0 Å². The maximum Gasteiger partial charge on any atom is 0.259 e. The minimum absolute atomic E-state index is 0.0361. The molecule has 0 N–H and O–H groups in total. The maximum absolute atomic E-state index is 13.2. The predicted molar refractivity (Wildman–Crippen MR) is 115 cm³/mol. The largest absolute Gasteiger partial charge is 0.415 e. The van der Waals surface area contributed by atoms with E-state index in [0.717, 1.165) is 17.3 Å². The maximum atomic E-state index is 13.2. The van der Waals surface area contributed by atoms with Crippen LogP contribution in [-0.2, 0) is 9.22 Å². The van der Waals surface area contributed by atoms with Crippen LogP contribution in [0.2, 0.25) is 18.1 Å². The van der Waals surface area contributed by atoms with Crippen molar-refractivity contribution in [3.8, 4) is 0 Å². The summed E-state index contributed by atoms with van der Waals surface area (Å²) < 4.78 is 6.99. The summed E-state index contributed by atoms with van der Waals surface area (Å²) in [5.74, 6) is -0.128. The highest BCUT2D eigenvalue weighted by molar-refractivity contribution is 9.10. The molecule has 0 aromatic heterocycles. The molecular weight excluding hydrogens is 422 g/mol. The van der Waals surface area contributed by atoms with Gasteiger partial charge in [0.2, 0.25) is 0 Å². The first-order chi connectivity index (χ1) is 12.5. The van der Waals surface area contributed by atoms with E-state index in [1.54, 1.807) is 11.0 Å². The number of amides is 1. The first kappa shape index (κ1) is 22.1. The van der Waals surface area contributed by atoms with Crippen LogP contribution in [0.1, 0.15) is 50.4 Å². The van der Waals surface area contributed by atoms with Crippen molar-refractivity contribution in [2.45, 2.75) is 58.2 Å². The predicted octanol–water partition coefficient (Wildman–Crippen LogP) is 5.55. The van der Waals surface area contributed by atoms with E-state index in [9.17, 15) is 9.59 Å². The summed E-state index contributed by atoms with van der Waals surface area (Å²) in [5.41, 5.74) is 1.07. The number of nitrogens with zero attached hydrogens (tertiary/aromatic N) is 1. The summed E-state index contributed by atoms with van der Waals surface area (Å²) in [6.07, 6.45) is 4.06. The number of carbonyl (C=O) groups is 2. The van der Waals surface area contributed by atoms with Crippen molar-refractivity contribution in [2.75, 3.05) is 13.2 Å². The van der Waals surface area contributed by atoms with Crippen molar-refractivity contribution < 1.29 is 14.0 Å². The molecule has 0 spiro atoms. The monoisotopic (exact) mass is 451 g/mol. The summed E-state index contributed by atoms with van der Waals surface area (Å²) in [5, 5.41) is 0.101. The third kappa shape index (κ3) is 5.39. The average molecular weight is 452 g/mol. The van der Waals surface area contributed by atoms with Crippen LogP contribution in [0.15, 0.2) is 40.5 Å². The van der Waals surface area contributed by atoms with Crippen molar-refractivity contribution in [3.05, 3.63) is 46.1 Å². The molecule has 1 aromatic carbocycles. The Balaban J connectivity index is 2.23. The number of halogens is 1. The van der Waals surface area contributed by atoms with Crippen LogP contribution in [0.4, 0.5) is 0 Å². The zero-order chi connectivity index (χ0) is 20.2. The van der Waals surface area contributed by atoms with Crippen molar-refractivity contribution in [1.29, 1.82) is 0 Å². The van der Waals surface area contributed by atoms with Crippen LogP contribution < -0.4 is 0 Å². The third-order valence-electron chi connectivity index (χ3n) is 5.46. The number of ketones is 1. The molecule has 0 bridgehead atoms. The lowest BCUT2D eigenvalue weighted by Crippen LogP contribution is -2.44. The molecule has 0 saturated heterocycles. The van der Waals surface area contributed by atoms with Gasteiger partial charge in [-0.05, 0) is 59.0 Å². The van der Waals surface area contributed by atoms with Gasteiger partial charge in [-0.1, -0.05) is 39.0 Å². The van der Waals surface area contributed by atoms with Crippen molar-refractivity contribution in [1.82, 2.24) is 4.90 Å². The molecule has 1 aromatic rings. The third-order valence-corrected chi connectivity index (χ3v) is 10.7. The number of rotatable bonds is 6. The molecule has 0 heterocycles. The molecule has 0 fully saturated rings. The molecule has 0 atom stereocenters. The molecule has 1 aliphatic carbocycles. The molecule has 0 unspecified atom stereocenters. The highest BCUT2D eigenvalue weighted by Crippen LogP contribution is 2.36. The van der Waals surface area contributed by atoms with Crippen molar-refractivity contribution >= 4 is 35.9 Å². The Bertz CT molecular complexity index is 737. The molecule has 148 valence electrons. The van der Waals surface area contributed by atoms with E-state index < -0.39 is 8.32 Å². The fourth-order valence-corrected chi connectivity index (χ4v) is 4.21. The second-order valence-electron chi connectivity index (χ2n) is 8.45. The fourth-order valence-electron chi connectivity index (χ4n) is 2.72. The lowest BCUT2D eigenvalue weighted by molar-refractivity contribution is -0.117. The van der Waals surface area contributed by atoms with Gasteiger partial charge in [0.05, 0.1) is 17.9 Å². The summed E-state index contributed by atoms with van der Waals surface area (Å²) in [4.78, 5) is 27.3. The van der Waals surface area contributed by atoms with Gasteiger partial charge in [0.25, 0.3) is 5.91 Å². The molecule has 4 nitrogen and oxygen atoms in total. The van der Waals surface area contributed by atoms with E-state index in [4.69, 9.17) is 4.43 Å². The van der Waals surface area contributed by atoms with Gasteiger partial charge < -0.3 is 9.33 Å². The van der Waals surface area contributed by atoms with Gasteiger partial charge in [-0.3, -0.25) is 9.59 Å². The molecule has 2 rings (SSSR count). The molecule has 1 aliphatic rings. The topological polar surface area (TPSA) is 46.6 Å². The summed E-state index contributed by atoms with van der Waals surface area (Å²) >= 11 is 3.45. The molecule has 1 amide bonds. The van der Waals surface area contributed by atoms with Gasteiger partial charge in [-0.15, -0.1) is 0 Å². The number of allylic oxidation sites excluding steroid dienone is 2. The number of hydrogen-bond donors (Lipinski definition) is 0. The molecule has 6 heteroatoms. The zero-order valence-corrected chi connectivity index (χ0v) is 19.6. The lowest BCUT2D eigenvalue weighted by Gasteiger charge is -2.37. The van der Waals surface area contributed by atoms with Crippen LogP contribution in [0, 0.1) is 0 Å². The van der Waals surface area contributed by atoms with Crippen molar-refractivity contribution in [3.63, 3.8) is 0 Å². The fraction of sp³-hybridized carbons (Fsp3) is 0.524. The minimum Gasteiger partial charge on any atom is -0.415 e. The first-order valence-corrected chi connectivity index (χ1v) is 13.2. The van der Waals surface area contributed by atoms with Crippen LogP contribution in [0.3, 0.4) is 0 Å². The second kappa shape index (κ2) is 8.84. The van der Waals surface area contributed by atoms with Gasteiger partial charge in [-0.2, -0.15) is 0 Å². The Morgan fingerprint density at radius 3 is 2.52 bits per heavy atom. The number of benzene rings is 1. The number of carbonyl (C=O) groups excluding carboxylic acids is 2. The summed E-state index contributed by atoms with van der Waals surface area (Å²) in [6, 6.07) is 7.33. The quantitative estimate of drug-likeness (QED) is 0.532. The first-order valence-electron chi connectivity index (χ1n) is 9.48. The Morgan fingerprint density at radius 1 is 1.26 bits per heavy atom. The van der Waals surface area contributed by atoms with E-state index >= 15 is 0 Å². The van der Waals surface area contributed by atoms with Crippen molar-refractivity contribution in [2.24, 2.45) is 0 Å². The average Bonchev–Trinajstić information content (AvgIpc) is 2.58. The Kier molecular flexibility index (Phi) is 7.22. The van der Waals surface area contributed by atoms with E-state index in [1.807, 2.05) is 24.3 Å². The Hall–Kier alpha value is -1.24. The minimum atomic E-state index is -1.91. The van der Waals surface area contributed by atoms with Gasteiger partial charge in [-0.25, -0.2) is 0 Å². The van der Waals surface area contributed by atoms with E-state index in [2.05, 4.69) is 49.8 Å². The normalized spacial score (nSPS) is 15.5. The van der Waals surface area contributed by atoms with Crippen LogP contribution >= 0.6 is 15.9 Å². The van der Waals surface area contributed by atoms with E-state index in [-0.39, 0.29) is 16.7 Å². The molecule has 0 aliphatic heterocycles. The lowest BCUT2D eigenvalue weighted by atomic mass is 10.0. The van der Waals surface area contributed by atoms with Gasteiger partial charge >= 0.3 is 0 Å². The van der Waals surface area contributed by atoms with Crippen LogP contribution in [0.5, 0.6) is 0 Å². The summed E-state index contributed by atoms with van der Waals surface area (Å²) in [7, 11) is -1.91. The summed E-state index contributed by atoms with van der Waals surface area (Å²) in [6.45, 7) is 11.8. The number of hydrogen-bond acceptors (Lipinski definition) is 3. The standard InChI is InChI=1S/C21H30BrNO3Si/c1-21(2,3)27(4,5)26-15-14-23(18-12-8-9-13-19(18)24)20(25)16-10-6-7-11-17(16)22/h6-7,10-12H,8-9,13-15H2,1-5H3. The van der Waals surface area contributed by atoms with Gasteiger partial charge in [0, 0.05) is 17.4 Å². The van der Waals surface area contributed by atoms with Crippen LogP contribution in [0.25, 0.3) is 0 Å². The smallest absolute Gasteiger partial charge is 0.259 e. The Morgan fingerprint density at radius 2 is 1.93 bits per heavy atom. The van der Waals surface area contributed by atoms with E-state index in [0.29, 0.717) is 30.8 Å². The SMILES string of the molecule is CC(C)(C)[Si](C)(C)OCCN(C(=O)c1ccccc1Br)C1=CCCCC1=O. The molecule has 27 heavy (non-hydrogen) atoms. The zero-order valence-electron chi connectivity index (χ0n) is 17.0. The number of Topliss-reactive ketones (excluding diaryl/α,β-unsaturated/α-hetero) is 1. The Labute approximate surface area is 172 Å². The molecule has 0 radical (unpaired) electrons. The highest BCUT2D eigenvalue weighted by Gasteiger charge is 2.37. The molecule has 0 saturated carbocycles. The van der Waals surface area contributed by atoms with Gasteiger partial charge in [0.1, 0.15) is 0 Å². The highest BCUT2D eigenvalue weighted by atomic mass is 79.9. The van der Waals surface area contributed by atoms with Crippen LogP contribution in [-0.4, -0.2) is 38.1 Å². The second-order valence-corrected chi connectivity index (χ2v) is 14.1. The van der Waals surface area contributed by atoms with Gasteiger partial charge in [0.15, 0.2) is 14.1 Å².